The van der Waals surface area contributed by atoms with Crippen LogP contribution >= 0.6 is 0 Å². The summed E-state index contributed by atoms with van der Waals surface area (Å²) in [5.41, 5.74) is 3.23. The van der Waals surface area contributed by atoms with Gasteiger partial charge in [-0.2, -0.15) is 5.10 Å². The van der Waals surface area contributed by atoms with Gasteiger partial charge in [0.15, 0.2) is 0 Å². The van der Waals surface area contributed by atoms with E-state index in [1.807, 2.05) is 38.1 Å². The summed E-state index contributed by atoms with van der Waals surface area (Å²) in [6.45, 7) is 3.99. The minimum atomic E-state index is -0.937. The zero-order chi connectivity index (χ0) is 17.0. The average Bonchev–Trinajstić information content (AvgIpc) is 2.83. The van der Waals surface area contributed by atoms with Crippen LogP contribution in [0.4, 0.5) is 10.5 Å². The lowest BCUT2D eigenvalue weighted by Gasteiger charge is -2.18. The van der Waals surface area contributed by atoms with E-state index in [0.717, 1.165) is 17.1 Å². The fraction of sp³-hybridized carbons (Fsp3) is 0.312. The number of carbonyl (C=O) groups is 2. The third-order valence-corrected chi connectivity index (χ3v) is 3.39. The Balaban J connectivity index is 2.19. The Morgan fingerprint density at radius 1 is 1.30 bits per heavy atom. The molecule has 0 aliphatic carbocycles. The molecule has 0 unspecified atom stereocenters. The van der Waals surface area contributed by atoms with Crippen LogP contribution in [0.3, 0.4) is 0 Å². The highest BCUT2D eigenvalue weighted by molar-refractivity contribution is 5.91. The fourth-order valence-corrected chi connectivity index (χ4v) is 2.21. The minimum Gasteiger partial charge on any atom is -0.481 e. The van der Waals surface area contributed by atoms with Crippen molar-refractivity contribution in [3.05, 3.63) is 41.7 Å². The molecule has 2 amide bonds. The van der Waals surface area contributed by atoms with E-state index in [1.54, 1.807) is 17.8 Å². The lowest BCUT2D eigenvalue weighted by atomic mass is 10.2. The van der Waals surface area contributed by atoms with Gasteiger partial charge >= 0.3 is 12.0 Å². The average molecular weight is 316 g/mol. The molecule has 0 atom stereocenters. The van der Waals surface area contributed by atoms with E-state index < -0.39 is 5.97 Å². The first kappa shape index (κ1) is 16.5. The number of amides is 2. The first-order chi connectivity index (χ1) is 10.9. The van der Waals surface area contributed by atoms with E-state index in [4.69, 9.17) is 5.11 Å². The largest absolute Gasteiger partial charge is 0.481 e. The molecule has 0 saturated carbocycles. The minimum absolute atomic E-state index is 0.0942. The van der Waals surface area contributed by atoms with Crippen LogP contribution in [0.1, 0.15) is 17.8 Å². The van der Waals surface area contributed by atoms with Crippen molar-refractivity contribution in [3.8, 4) is 5.69 Å². The van der Waals surface area contributed by atoms with Crippen LogP contribution in [0.15, 0.2) is 30.3 Å². The van der Waals surface area contributed by atoms with E-state index in [2.05, 4.69) is 10.4 Å². The molecular weight excluding hydrogens is 296 g/mol. The second-order valence-corrected chi connectivity index (χ2v) is 5.35. The molecule has 0 bridgehead atoms. The molecular formula is C16H20N4O3. The van der Waals surface area contributed by atoms with Gasteiger partial charge in [-0.25, -0.2) is 9.48 Å². The topological polar surface area (TPSA) is 87.5 Å². The van der Waals surface area contributed by atoms with Crippen LogP contribution in [0.5, 0.6) is 0 Å². The maximum absolute atomic E-state index is 12.2. The van der Waals surface area contributed by atoms with E-state index in [0.29, 0.717) is 5.69 Å². The number of hydrogen-bond acceptors (Lipinski definition) is 3. The number of hydrogen-bond donors (Lipinski definition) is 2. The molecule has 1 heterocycles. The Labute approximate surface area is 134 Å². The molecule has 0 spiro atoms. The van der Waals surface area contributed by atoms with Gasteiger partial charge in [-0.3, -0.25) is 4.79 Å². The number of aryl methyl sites for hydroxylation is 2. The van der Waals surface area contributed by atoms with Crippen LogP contribution < -0.4 is 5.32 Å². The molecule has 7 nitrogen and oxygen atoms in total. The van der Waals surface area contributed by atoms with Gasteiger partial charge in [0.2, 0.25) is 0 Å². The van der Waals surface area contributed by atoms with Crippen molar-refractivity contribution in [2.24, 2.45) is 0 Å². The molecule has 0 radical (unpaired) electrons. The van der Waals surface area contributed by atoms with Gasteiger partial charge in [0, 0.05) is 19.3 Å². The van der Waals surface area contributed by atoms with Gasteiger partial charge < -0.3 is 15.3 Å². The summed E-state index contributed by atoms with van der Waals surface area (Å²) in [4.78, 5) is 24.1. The number of carbonyl (C=O) groups excluding carboxylic acids is 1. The molecule has 0 saturated heterocycles. The molecule has 0 fully saturated rings. The SMILES string of the molecule is Cc1cc(C)n(-c2ccccc2NC(=O)N(C)CCC(=O)O)n1. The first-order valence-corrected chi connectivity index (χ1v) is 7.25. The maximum atomic E-state index is 12.2. The normalized spacial score (nSPS) is 10.4. The highest BCUT2D eigenvalue weighted by Gasteiger charge is 2.14. The van der Waals surface area contributed by atoms with Gasteiger partial charge in [-0.15, -0.1) is 0 Å². The molecule has 0 aliphatic rings. The van der Waals surface area contributed by atoms with Gasteiger partial charge in [0.05, 0.1) is 23.5 Å². The molecule has 2 rings (SSSR count). The molecule has 0 aliphatic heterocycles. The van der Waals surface area contributed by atoms with Crippen molar-refractivity contribution < 1.29 is 14.7 Å². The molecule has 2 aromatic rings. The number of carboxylic acid groups (broad SMARTS) is 1. The summed E-state index contributed by atoms with van der Waals surface area (Å²) < 4.78 is 1.77. The van der Waals surface area contributed by atoms with Crippen molar-refractivity contribution in [2.75, 3.05) is 18.9 Å². The Morgan fingerprint density at radius 2 is 2.00 bits per heavy atom. The predicted octanol–water partition coefficient (Wildman–Crippen LogP) is 2.43. The third kappa shape index (κ3) is 4.09. The number of rotatable bonds is 5. The number of aromatic nitrogens is 2. The molecule has 7 heteroatoms. The van der Waals surface area contributed by atoms with Crippen molar-refractivity contribution >= 4 is 17.7 Å². The van der Waals surface area contributed by atoms with Crippen LogP contribution in [-0.2, 0) is 4.79 Å². The summed E-state index contributed by atoms with van der Waals surface area (Å²) in [6.07, 6.45) is -0.0942. The second kappa shape index (κ2) is 6.95. The highest BCUT2D eigenvalue weighted by atomic mass is 16.4. The summed E-state index contributed by atoms with van der Waals surface area (Å²) in [5.74, 6) is -0.937. The van der Waals surface area contributed by atoms with Gasteiger partial charge in [-0.1, -0.05) is 12.1 Å². The second-order valence-electron chi connectivity index (χ2n) is 5.35. The van der Waals surface area contributed by atoms with Crippen molar-refractivity contribution in [3.63, 3.8) is 0 Å². The lowest BCUT2D eigenvalue weighted by molar-refractivity contribution is -0.137. The Hall–Kier alpha value is -2.83. The molecule has 1 aromatic heterocycles. The highest BCUT2D eigenvalue weighted by Crippen LogP contribution is 2.21. The monoisotopic (exact) mass is 316 g/mol. The van der Waals surface area contributed by atoms with Gasteiger partial charge in [-0.05, 0) is 32.0 Å². The van der Waals surface area contributed by atoms with E-state index in [9.17, 15) is 9.59 Å². The first-order valence-electron chi connectivity index (χ1n) is 7.25. The van der Waals surface area contributed by atoms with E-state index in [-0.39, 0.29) is 19.0 Å². The van der Waals surface area contributed by atoms with Crippen molar-refractivity contribution in [2.45, 2.75) is 20.3 Å². The van der Waals surface area contributed by atoms with Crippen LogP contribution in [0, 0.1) is 13.8 Å². The zero-order valence-electron chi connectivity index (χ0n) is 13.4. The number of nitrogens with one attached hydrogen (secondary N) is 1. The molecule has 23 heavy (non-hydrogen) atoms. The number of benzene rings is 1. The van der Waals surface area contributed by atoms with E-state index >= 15 is 0 Å². The molecule has 122 valence electrons. The summed E-state index contributed by atoms with van der Waals surface area (Å²) in [6, 6.07) is 8.94. The zero-order valence-corrected chi connectivity index (χ0v) is 13.4. The number of anilines is 1. The Bertz CT molecular complexity index is 724. The van der Waals surface area contributed by atoms with Gasteiger partial charge in [0.25, 0.3) is 0 Å². The summed E-state index contributed by atoms with van der Waals surface area (Å²) in [7, 11) is 1.56. The van der Waals surface area contributed by atoms with Crippen LogP contribution in [0.25, 0.3) is 5.69 Å². The van der Waals surface area contributed by atoms with Gasteiger partial charge in [0.1, 0.15) is 0 Å². The lowest BCUT2D eigenvalue weighted by Crippen LogP contribution is -2.33. The standard InChI is InChI=1S/C16H20N4O3/c1-11-10-12(2)20(18-11)14-7-5-4-6-13(14)17-16(23)19(3)9-8-15(21)22/h4-7,10H,8-9H2,1-3H3,(H,17,23)(H,21,22). The molecule has 1 aromatic carbocycles. The number of urea groups is 1. The number of nitrogens with zero attached hydrogens (tertiary/aromatic N) is 3. The number of aliphatic carboxylic acids is 1. The fourth-order valence-electron chi connectivity index (χ4n) is 2.21. The predicted molar refractivity (Wildman–Crippen MR) is 86.9 cm³/mol. The van der Waals surface area contributed by atoms with E-state index in [1.165, 1.54) is 4.90 Å². The summed E-state index contributed by atoms with van der Waals surface area (Å²) in [5, 5.41) is 15.9. The summed E-state index contributed by atoms with van der Waals surface area (Å²) >= 11 is 0. The van der Waals surface area contributed by atoms with Crippen LogP contribution in [0.2, 0.25) is 0 Å². The Kier molecular flexibility index (Phi) is 5.00. The quantitative estimate of drug-likeness (QED) is 0.887. The number of carboxylic acids is 1. The number of para-hydroxylation sites is 2. The van der Waals surface area contributed by atoms with Crippen molar-refractivity contribution in [1.29, 1.82) is 0 Å². The van der Waals surface area contributed by atoms with Crippen LogP contribution in [-0.4, -0.2) is 45.4 Å². The smallest absolute Gasteiger partial charge is 0.321 e. The van der Waals surface area contributed by atoms with Crippen molar-refractivity contribution in [1.82, 2.24) is 14.7 Å². The Morgan fingerprint density at radius 3 is 2.61 bits per heavy atom. The maximum Gasteiger partial charge on any atom is 0.321 e. The third-order valence-electron chi connectivity index (χ3n) is 3.39. The molecule has 2 N–H and O–H groups in total.